The van der Waals surface area contributed by atoms with E-state index in [4.69, 9.17) is 4.74 Å². The van der Waals surface area contributed by atoms with E-state index < -0.39 is 12.0 Å². The molecule has 0 amide bonds. The predicted octanol–water partition coefficient (Wildman–Crippen LogP) is 2.94. The van der Waals surface area contributed by atoms with Crippen LogP contribution in [-0.2, 0) is 16.1 Å². The summed E-state index contributed by atoms with van der Waals surface area (Å²) in [7, 11) is 0. The number of aliphatic hydroxyl groups is 1. The smallest absolute Gasteiger partial charge is 0.139 e. The van der Waals surface area contributed by atoms with E-state index in [2.05, 4.69) is 0 Å². The van der Waals surface area contributed by atoms with Crippen molar-refractivity contribution in [3.63, 3.8) is 0 Å². The van der Waals surface area contributed by atoms with E-state index in [1.54, 1.807) is 0 Å². The Kier molecular flexibility index (Phi) is 5.67. The maximum absolute atomic E-state index is 11.8. The molecule has 2 atom stereocenters. The molecule has 2 aromatic rings. The molecule has 0 saturated carbocycles. The standard InChI is InChI=1S/C18H20O3/c1-14(19)18(16-10-6-3-7-11-16)17(20)13-21-12-15-8-4-2-5-9-15/h2-11,17-18,20H,12-13H2,1H3/t17-,18-/m0/s1. The highest BCUT2D eigenvalue weighted by atomic mass is 16.5. The highest BCUT2D eigenvalue weighted by molar-refractivity contribution is 5.84. The van der Waals surface area contributed by atoms with Gasteiger partial charge in [-0.1, -0.05) is 60.7 Å². The van der Waals surface area contributed by atoms with Crippen LogP contribution in [0, 0.1) is 0 Å². The molecular weight excluding hydrogens is 264 g/mol. The Morgan fingerprint density at radius 3 is 2.19 bits per heavy atom. The molecule has 0 aliphatic rings. The number of aliphatic hydroxyl groups excluding tert-OH is 1. The third-order valence-corrected chi connectivity index (χ3v) is 3.38. The minimum absolute atomic E-state index is 0.0583. The first-order valence-corrected chi connectivity index (χ1v) is 7.03. The molecule has 0 spiro atoms. The van der Waals surface area contributed by atoms with Gasteiger partial charge in [-0.15, -0.1) is 0 Å². The number of rotatable bonds is 7. The van der Waals surface area contributed by atoms with Gasteiger partial charge in [0, 0.05) is 0 Å². The number of carbonyl (C=O) groups excluding carboxylic acids is 1. The molecule has 2 aromatic carbocycles. The van der Waals surface area contributed by atoms with E-state index in [9.17, 15) is 9.90 Å². The molecule has 21 heavy (non-hydrogen) atoms. The predicted molar refractivity (Wildman–Crippen MR) is 82.0 cm³/mol. The van der Waals surface area contributed by atoms with E-state index in [1.165, 1.54) is 6.92 Å². The van der Waals surface area contributed by atoms with Crippen LogP contribution in [0.25, 0.3) is 0 Å². The van der Waals surface area contributed by atoms with Crippen molar-refractivity contribution in [3.05, 3.63) is 71.8 Å². The summed E-state index contributed by atoms with van der Waals surface area (Å²) in [5, 5.41) is 10.3. The Labute approximate surface area is 125 Å². The lowest BCUT2D eigenvalue weighted by molar-refractivity contribution is -0.122. The second-order valence-electron chi connectivity index (χ2n) is 5.07. The van der Waals surface area contributed by atoms with Gasteiger partial charge < -0.3 is 9.84 Å². The topological polar surface area (TPSA) is 46.5 Å². The number of ketones is 1. The zero-order chi connectivity index (χ0) is 15.1. The summed E-state index contributed by atoms with van der Waals surface area (Å²) in [6.45, 7) is 2.06. The van der Waals surface area contributed by atoms with Gasteiger partial charge in [0.25, 0.3) is 0 Å². The Morgan fingerprint density at radius 2 is 1.62 bits per heavy atom. The monoisotopic (exact) mass is 284 g/mol. The van der Waals surface area contributed by atoms with Crippen LogP contribution < -0.4 is 0 Å². The normalized spacial score (nSPS) is 13.6. The van der Waals surface area contributed by atoms with E-state index in [0.29, 0.717) is 6.61 Å². The van der Waals surface area contributed by atoms with Gasteiger partial charge in [-0.2, -0.15) is 0 Å². The van der Waals surface area contributed by atoms with Crippen LogP contribution in [-0.4, -0.2) is 23.6 Å². The SMILES string of the molecule is CC(=O)[C@@H](c1ccccc1)[C@@H](O)COCc1ccccc1. The molecule has 1 N–H and O–H groups in total. The van der Waals surface area contributed by atoms with Gasteiger partial charge >= 0.3 is 0 Å². The molecule has 0 fully saturated rings. The number of carbonyl (C=O) groups is 1. The zero-order valence-corrected chi connectivity index (χ0v) is 12.1. The van der Waals surface area contributed by atoms with Gasteiger partial charge in [0.05, 0.1) is 25.2 Å². The second-order valence-corrected chi connectivity index (χ2v) is 5.07. The number of hydrogen-bond acceptors (Lipinski definition) is 3. The molecule has 0 aromatic heterocycles. The van der Waals surface area contributed by atoms with E-state index >= 15 is 0 Å². The molecule has 0 bridgehead atoms. The Balaban J connectivity index is 1.94. The molecule has 0 radical (unpaired) electrons. The third-order valence-electron chi connectivity index (χ3n) is 3.38. The van der Waals surface area contributed by atoms with E-state index in [1.807, 2.05) is 60.7 Å². The summed E-state index contributed by atoms with van der Waals surface area (Å²) in [6.07, 6.45) is -0.839. The van der Waals surface area contributed by atoms with Gasteiger partial charge in [-0.3, -0.25) is 4.79 Å². The van der Waals surface area contributed by atoms with Crippen LogP contribution in [0.15, 0.2) is 60.7 Å². The average molecular weight is 284 g/mol. The van der Waals surface area contributed by atoms with Gasteiger partial charge in [-0.25, -0.2) is 0 Å². The van der Waals surface area contributed by atoms with Crippen molar-refractivity contribution in [1.82, 2.24) is 0 Å². The first kappa shape index (κ1) is 15.4. The first-order valence-electron chi connectivity index (χ1n) is 7.03. The summed E-state index contributed by atoms with van der Waals surface area (Å²) in [5.41, 5.74) is 1.87. The first-order chi connectivity index (χ1) is 10.2. The largest absolute Gasteiger partial charge is 0.390 e. The van der Waals surface area contributed by atoms with Crippen LogP contribution in [0.3, 0.4) is 0 Å². The second kappa shape index (κ2) is 7.72. The van der Waals surface area contributed by atoms with Crippen molar-refractivity contribution in [2.45, 2.75) is 25.6 Å². The van der Waals surface area contributed by atoms with Crippen molar-refractivity contribution in [1.29, 1.82) is 0 Å². The van der Waals surface area contributed by atoms with Crippen molar-refractivity contribution in [2.75, 3.05) is 6.61 Å². The minimum Gasteiger partial charge on any atom is -0.390 e. The fourth-order valence-electron chi connectivity index (χ4n) is 2.36. The number of Topliss-reactive ketones (excluding diaryl/α,β-unsaturated/α-hetero) is 1. The highest BCUT2D eigenvalue weighted by Crippen LogP contribution is 2.21. The Bertz CT molecular complexity index is 551. The van der Waals surface area contributed by atoms with E-state index in [-0.39, 0.29) is 12.4 Å². The van der Waals surface area contributed by atoms with Crippen molar-refractivity contribution < 1.29 is 14.6 Å². The molecule has 2 rings (SSSR count). The lowest BCUT2D eigenvalue weighted by Crippen LogP contribution is -2.29. The molecule has 0 aliphatic carbocycles. The van der Waals surface area contributed by atoms with Crippen molar-refractivity contribution in [2.24, 2.45) is 0 Å². The van der Waals surface area contributed by atoms with Crippen LogP contribution >= 0.6 is 0 Å². The molecule has 0 heterocycles. The summed E-state index contributed by atoms with van der Waals surface area (Å²) < 4.78 is 5.53. The lowest BCUT2D eigenvalue weighted by atomic mass is 9.90. The number of benzene rings is 2. The molecule has 0 aliphatic heterocycles. The van der Waals surface area contributed by atoms with Crippen LogP contribution in [0.2, 0.25) is 0 Å². The summed E-state index contributed by atoms with van der Waals surface area (Å²) in [6, 6.07) is 19.1. The number of hydrogen-bond donors (Lipinski definition) is 1. The molecule has 0 unspecified atom stereocenters. The van der Waals surface area contributed by atoms with Gasteiger partial charge in [0.1, 0.15) is 5.78 Å². The van der Waals surface area contributed by atoms with Crippen LogP contribution in [0.5, 0.6) is 0 Å². The van der Waals surface area contributed by atoms with E-state index in [0.717, 1.165) is 11.1 Å². The van der Waals surface area contributed by atoms with Crippen molar-refractivity contribution >= 4 is 5.78 Å². The van der Waals surface area contributed by atoms with Crippen molar-refractivity contribution in [3.8, 4) is 0 Å². The molecule has 110 valence electrons. The summed E-state index contributed by atoms with van der Waals surface area (Å²) in [5.74, 6) is -0.598. The fourth-order valence-corrected chi connectivity index (χ4v) is 2.36. The lowest BCUT2D eigenvalue weighted by Gasteiger charge is -2.21. The number of ether oxygens (including phenoxy) is 1. The van der Waals surface area contributed by atoms with Gasteiger partial charge in [-0.05, 0) is 18.1 Å². The Hall–Kier alpha value is -1.97. The zero-order valence-electron chi connectivity index (χ0n) is 12.1. The third kappa shape index (κ3) is 4.52. The molecule has 0 saturated heterocycles. The summed E-state index contributed by atoms with van der Waals surface area (Å²) in [4.78, 5) is 11.8. The molecule has 3 nitrogen and oxygen atoms in total. The quantitative estimate of drug-likeness (QED) is 0.850. The van der Waals surface area contributed by atoms with Crippen LogP contribution in [0.4, 0.5) is 0 Å². The molecular formula is C18H20O3. The Morgan fingerprint density at radius 1 is 1.05 bits per heavy atom. The highest BCUT2D eigenvalue weighted by Gasteiger charge is 2.25. The maximum atomic E-state index is 11.8. The van der Waals surface area contributed by atoms with Gasteiger partial charge in [0.15, 0.2) is 0 Å². The van der Waals surface area contributed by atoms with Gasteiger partial charge in [0.2, 0.25) is 0 Å². The molecule has 3 heteroatoms. The average Bonchev–Trinajstić information content (AvgIpc) is 2.49. The minimum atomic E-state index is -0.839. The summed E-state index contributed by atoms with van der Waals surface area (Å²) >= 11 is 0. The van der Waals surface area contributed by atoms with Crippen LogP contribution in [0.1, 0.15) is 24.0 Å². The maximum Gasteiger partial charge on any atom is 0.139 e. The fraction of sp³-hybridized carbons (Fsp3) is 0.278.